The monoisotopic (exact) mass is 288 g/mol. The van der Waals surface area contributed by atoms with Crippen LogP contribution in [0.15, 0.2) is 27.8 Å². The van der Waals surface area contributed by atoms with Crippen molar-refractivity contribution in [3.05, 3.63) is 38.9 Å². The molecule has 1 aliphatic rings. The SMILES string of the molecule is CC1(C(=O)Nc2ccc3[nH]c(=O)c(=O)[nH]c3c2)CCCN1. The average Bonchev–Trinajstić information content (AvgIpc) is 2.89. The van der Waals surface area contributed by atoms with Gasteiger partial charge >= 0.3 is 11.1 Å². The van der Waals surface area contributed by atoms with Crippen LogP contribution in [0.5, 0.6) is 0 Å². The summed E-state index contributed by atoms with van der Waals surface area (Å²) in [4.78, 5) is 39.8. The third kappa shape index (κ3) is 2.47. The van der Waals surface area contributed by atoms with Gasteiger partial charge in [-0.1, -0.05) is 0 Å². The maximum absolute atomic E-state index is 12.3. The average molecular weight is 288 g/mol. The fourth-order valence-electron chi connectivity index (χ4n) is 2.55. The molecule has 110 valence electrons. The maximum atomic E-state index is 12.3. The first kappa shape index (κ1) is 13.6. The molecule has 3 rings (SSSR count). The number of H-pyrrole nitrogens is 2. The van der Waals surface area contributed by atoms with Gasteiger partial charge in [0.1, 0.15) is 0 Å². The van der Waals surface area contributed by atoms with E-state index >= 15 is 0 Å². The number of amides is 1. The summed E-state index contributed by atoms with van der Waals surface area (Å²) < 4.78 is 0. The lowest BCUT2D eigenvalue weighted by molar-refractivity contribution is -0.121. The number of carbonyl (C=O) groups excluding carboxylic acids is 1. The first-order chi connectivity index (χ1) is 9.98. The van der Waals surface area contributed by atoms with Crippen LogP contribution in [0.1, 0.15) is 19.8 Å². The Morgan fingerprint density at radius 3 is 2.57 bits per heavy atom. The lowest BCUT2D eigenvalue weighted by atomic mass is 9.99. The molecule has 1 aliphatic heterocycles. The van der Waals surface area contributed by atoms with Gasteiger partial charge in [-0.15, -0.1) is 0 Å². The van der Waals surface area contributed by atoms with E-state index in [-0.39, 0.29) is 5.91 Å². The summed E-state index contributed by atoms with van der Waals surface area (Å²) in [5.74, 6) is -0.105. The Morgan fingerprint density at radius 1 is 1.19 bits per heavy atom. The highest BCUT2D eigenvalue weighted by atomic mass is 16.2. The lowest BCUT2D eigenvalue weighted by Crippen LogP contribution is -2.47. The van der Waals surface area contributed by atoms with Gasteiger partial charge in [-0.2, -0.15) is 0 Å². The van der Waals surface area contributed by atoms with E-state index in [1.54, 1.807) is 18.2 Å². The minimum Gasteiger partial charge on any atom is -0.324 e. The molecule has 1 unspecified atom stereocenters. The number of anilines is 1. The van der Waals surface area contributed by atoms with Crippen LogP contribution < -0.4 is 21.8 Å². The van der Waals surface area contributed by atoms with Crippen molar-refractivity contribution in [2.45, 2.75) is 25.3 Å². The molecule has 0 saturated carbocycles. The van der Waals surface area contributed by atoms with Crippen LogP contribution in [0.25, 0.3) is 11.0 Å². The van der Waals surface area contributed by atoms with E-state index in [1.807, 2.05) is 6.92 Å². The van der Waals surface area contributed by atoms with Crippen molar-refractivity contribution in [1.82, 2.24) is 15.3 Å². The molecule has 21 heavy (non-hydrogen) atoms. The smallest absolute Gasteiger partial charge is 0.314 e. The number of hydrogen-bond donors (Lipinski definition) is 4. The van der Waals surface area contributed by atoms with Gasteiger partial charge in [-0.3, -0.25) is 14.4 Å². The highest BCUT2D eigenvalue weighted by molar-refractivity contribution is 5.99. The summed E-state index contributed by atoms with van der Waals surface area (Å²) >= 11 is 0. The quantitative estimate of drug-likeness (QED) is 0.596. The van der Waals surface area contributed by atoms with Crippen LogP contribution in [-0.4, -0.2) is 28.0 Å². The zero-order valence-electron chi connectivity index (χ0n) is 11.6. The molecule has 1 saturated heterocycles. The van der Waals surface area contributed by atoms with E-state index in [9.17, 15) is 14.4 Å². The highest BCUT2D eigenvalue weighted by Gasteiger charge is 2.35. The minimum absolute atomic E-state index is 0.105. The second-order valence-electron chi connectivity index (χ2n) is 5.49. The molecule has 2 aromatic rings. The molecule has 1 amide bonds. The molecule has 1 atom stereocenters. The molecule has 7 nitrogen and oxygen atoms in total. The van der Waals surface area contributed by atoms with Crippen molar-refractivity contribution in [3.63, 3.8) is 0 Å². The number of benzene rings is 1. The van der Waals surface area contributed by atoms with E-state index in [1.165, 1.54) is 0 Å². The van der Waals surface area contributed by atoms with E-state index in [0.29, 0.717) is 16.7 Å². The lowest BCUT2D eigenvalue weighted by Gasteiger charge is -2.23. The zero-order chi connectivity index (χ0) is 15.0. The Bertz CT molecular complexity index is 815. The van der Waals surface area contributed by atoms with Crippen molar-refractivity contribution < 1.29 is 4.79 Å². The van der Waals surface area contributed by atoms with Gasteiger partial charge < -0.3 is 20.6 Å². The number of rotatable bonds is 2. The van der Waals surface area contributed by atoms with Crippen LogP contribution >= 0.6 is 0 Å². The zero-order valence-corrected chi connectivity index (χ0v) is 11.6. The minimum atomic E-state index is -0.713. The highest BCUT2D eigenvalue weighted by Crippen LogP contribution is 2.21. The van der Waals surface area contributed by atoms with Gasteiger partial charge in [0.25, 0.3) is 0 Å². The second-order valence-corrected chi connectivity index (χ2v) is 5.49. The van der Waals surface area contributed by atoms with Crippen LogP contribution in [0.3, 0.4) is 0 Å². The molecule has 1 fully saturated rings. The van der Waals surface area contributed by atoms with E-state index in [2.05, 4.69) is 20.6 Å². The van der Waals surface area contributed by atoms with Gasteiger partial charge in [0, 0.05) is 5.69 Å². The summed E-state index contributed by atoms with van der Waals surface area (Å²) in [6.07, 6.45) is 1.76. The molecule has 0 radical (unpaired) electrons. The van der Waals surface area contributed by atoms with Crippen molar-refractivity contribution in [2.75, 3.05) is 11.9 Å². The van der Waals surface area contributed by atoms with Crippen molar-refractivity contribution in [3.8, 4) is 0 Å². The van der Waals surface area contributed by atoms with Crippen LogP contribution in [0, 0.1) is 0 Å². The maximum Gasteiger partial charge on any atom is 0.314 e. The molecule has 2 heterocycles. The first-order valence-electron chi connectivity index (χ1n) is 6.81. The van der Waals surface area contributed by atoms with Crippen molar-refractivity contribution in [2.24, 2.45) is 0 Å². The van der Waals surface area contributed by atoms with Crippen LogP contribution in [-0.2, 0) is 4.79 Å². The predicted octanol–water partition coefficient (Wildman–Crippen LogP) is 0.297. The normalized spacial score (nSPS) is 21.6. The largest absolute Gasteiger partial charge is 0.324 e. The molecule has 0 bridgehead atoms. The molecule has 4 N–H and O–H groups in total. The summed E-state index contributed by atoms with van der Waals surface area (Å²) in [6, 6.07) is 4.96. The van der Waals surface area contributed by atoms with Crippen molar-refractivity contribution >= 4 is 22.6 Å². The predicted molar refractivity (Wildman–Crippen MR) is 79.5 cm³/mol. The first-order valence-corrected chi connectivity index (χ1v) is 6.81. The topological polar surface area (TPSA) is 107 Å². The number of aromatic nitrogens is 2. The molecule has 1 aromatic heterocycles. The summed E-state index contributed by atoms with van der Waals surface area (Å²) in [5, 5.41) is 6.02. The van der Waals surface area contributed by atoms with Crippen LogP contribution in [0.4, 0.5) is 5.69 Å². The van der Waals surface area contributed by atoms with Gasteiger partial charge in [-0.05, 0) is 44.5 Å². The Balaban J connectivity index is 1.91. The number of aromatic amines is 2. The Labute approximate surface area is 119 Å². The van der Waals surface area contributed by atoms with Gasteiger partial charge in [0.15, 0.2) is 0 Å². The summed E-state index contributed by atoms with van der Waals surface area (Å²) in [7, 11) is 0. The van der Waals surface area contributed by atoms with Gasteiger partial charge in [-0.25, -0.2) is 0 Å². The fraction of sp³-hybridized carbons (Fsp3) is 0.357. The molecule has 7 heteroatoms. The third-order valence-corrected chi connectivity index (χ3v) is 3.85. The van der Waals surface area contributed by atoms with Crippen molar-refractivity contribution in [1.29, 1.82) is 0 Å². The summed E-state index contributed by atoms with van der Waals surface area (Å²) in [5.41, 5.74) is -0.403. The Morgan fingerprint density at radius 2 is 1.90 bits per heavy atom. The summed E-state index contributed by atoms with van der Waals surface area (Å²) in [6.45, 7) is 2.70. The number of nitrogens with one attached hydrogen (secondary N) is 4. The number of hydrogen-bond acceptors (Lipinski definition) is 4. The molecule has 0 aliphatic carbocycles. The molecule has 0 spiro atoms. The van der Waals surface area contributed by atoms with Gasteiger partial charge in [0.05, 0.1) is 16.6 Å². The molecule has 1 aromatic carbocycles. The molecular weight excluding hydrogens is 272 g/mol. The van der Waals surface area contributed by atoms with E-state index in [4.69, 9.17) is 0 Å². The van der Waals surface area contributed by atoms with Gasteiger partial charge in [0.2, 0.25) is 5.91 Å². The second kappa shape index (κ2) is 4.85. The standard InChI is InChI=1S/C14H16N4O3/c1-14(5-2-6-15-14)13(21)16-8-3-4-9-10(7-8)18-12(20)11(19)17-9/h3-4,7,15H,2,5-6H2,1H3,(H,16,21)(H,17,19)(H,18,20). The van der Waals surface area contributed by atoms with E-state index < -0.39 is 16.7 Å². The third-order valence-electron chi connectivity index (χ3n) is 3.85. The number of carbonyl (C=O) groups is 1. The fourth-order valence-corrected chi connectivity index (χ4v) is 2.55. The van der Waals surface area contributed by atoms with Crippen LogP contribution in [0.2, 0.25) is 0 Å². The Hall–Kier alpha value is -2.41. The number of fused-ring (bicyclic) bond motifs is 1. The Kier molecular flexibility index (Phi) is 3.13. The van der Waals surface area contributed by atoms with E-state index in [0.717, 1.165) is 19.4 Å². The molecular formula is C14H16N4O3.